The van der Waals surface area contributed by atoms with Crippen LogP contribution in [0.2, 0.25) is 0 Å². The van der Waals surface area contributed by atoms with E-state index < -0.39 is 0 Å². The topological polar surface area (TPSA) is 35.9 Å². The molecule has 2 fully saturated rings. The Bertz CT molecular complexity index is 463. The standard InChI is InChI=1S/C15H21FN2O2/c16-14-9-12(10-17-4-3-13(19)11-17)1-2-15(14)18-5-7-20-8-6-18/h1-2,9,13,19H,3-8,10-11H2/t13-/m1/s1. The second-order valence-electron chi connectivity index (χ2n) is 5.56. The third-order valence-corrected chi connectivity index (χ3v) is 4.02. The van der Waals surface area contributed by atoms with Gasteiger partial charge in [-0.1, -0.05) is 6.07 Å². The zero-order valence-electron chi connectivity index (χ0n) is 11.6. The molecule has 1 aromatic carbocycles. The average molecular weight is 280 g/mol. The number of aliphatic hydroxyl groups excluding tert-OH is 1. The molecule has 20 heavy (non-hydrogen) atoms. The van der Waals surface area contributed by atoms with E-state index in [2.05, 4.69) is 4.90 Å². The summed E-state index contributed by atoms with van der Waals surface area (Å²) in [5.41, 5.74) is 1.63. The third-order valence-electron chi connectivity index (χ3n) is 4.02. The van der Waals surface area contributed by atoms with Gasteiger partial charge in [-0.2, -0.15) is 0 Å². The zero-order valence-corrected chi connectivity index (χ0v) is 11.6. The molecule has 1 aromatic rings. The predicted octanol–water partition coefficient (Wildman–Crippen LogP) is 1.23. The summed E-state index contributed by atoms with van der Waals surface area (Å²) in [6.45, 7) is 5.08. The molecule has 3 rings (SSSR count). The van der Waals surface area contributed by atoms with Crippen LogP contribution in [0.1, 0.15) is 12.0 Å². The molecule has 2 saturated heterocycles. The molecular weight excluding hydrogens is 259 g/mol. The average Bonchev–Trinajstić information content (AvgIpc) is 2.85. The second-order valence-corrected chi connectivity index (χ2v) is 5.56. The Morgan fingerprint density at radius 1 is 1.25 bits per heavy atom. The number of anilines is 1. The molecule has 5 heteroatoms. The van der Waals surface area contributed by atoms with E-state index in [0.717, 1.165) is 31.6 Å². The van der Waals surface area contributed by atoms with Crippen molar-refractivity contribution in [1.82, 2.24) is 4.90 Å². The van der Waals surface area contributed by atoms with Crippen molar-refractivity contribution in [3.8, 4) is 0 Å². The van der Waals surface area contributed by atoms with E-state index in [1.54, 1.807) is 6.07 Å². The lowest BCUT2D eigenvalue weighted by molar-refractivity contribution is 0.122. The lowest BCUT2D eigenvalue weighted by atomic mass is 10.1. The van der Waals surface area contributed by atoms with Crippen LogP contribution in [0.3, 0.4) is 0 Å². The van der Waals surface area contributed by atoms with Gasteiger partial charge in [0.15, 0.2) is 0 Å². The summed E-state index contributed by atoms with van der Waals surface area (Å²) in [5.74, 6) is -0.163. The van der Waals surface area contributed by atoms with Gasteiger partial charge >= 0.3 is 0 Å². The molecular formula is C15H21FN2O2. The summed E-state index contributed by atoms with van der Waals surface area (Å²) in [6, 6.07) is 5.47. The quantitative estimate of drug-likeness (QED) is 0.903. The molecule has 0 aliphatic carbocycles. The SMILES string of the molecule is O[C@@H]1CCN(Cc2ccc(N3CCOCC3)c(F)c2)C1. The number of β-amino-alcohol motifs (C(OH)–C–C–N with tert-alkyl or cyclic N) is 1. The van der Waals surface area contributed by atoms with Gasteiger partial charge in [-0.25, -0.2) is 4.39 Å². The molecule has 0 aromatic heterocycles. The summed E-state index contributed by atoms with van der Waals surface area (Å²) in [4.78, 5) is 4.19. The lowest BCUT2D eigenvalue weighted by Gasteiger charge is -2.29. The molecule has 0 bridgehead atoms. The van der Waals surface area contributed by atoms with Gasteiger partial charge in [-0.05, 0) is 24.1 Å². The van der Waals surface area contributed by atoms with Crippen molar-refractivity contribution in [3.05, 3.63) is 29.6 Å². The number of ether oxygens (including phenoxy) is 1. The maximum atomic E-state index is 14.2. The molecule has 0 unspecified atom stereocenters. The van der Waals surface area contributed by atoms with Crippen molar-refractivity contribution in [2.24, 2.45) is 0 Å². The molecule has 2 aliphatic heterocycles. The molecule has 1 N–H and O–H groups in total. The summed E-state index contributed by atoms with van der Waals surface area (Å²) in [7, 11) is 0. The zero-order chi connectivity index (χ0) is 13.9. The number of likely N-dealkylation sites (tertiary alicyclic amines) is 1. The van der Waals surface area contributed by atoms with Crippen molar-refractivity contribution in [2.45, 2.75) is 19.1 Å². The van der Waals surface area contributed by atoms with Gasteiger partial charge in [0.05, 0.1) is 25.0 Å². The van der Waals surface area contributed by atoms with Gasteiger partial charge in [0.1, 0.15) is 5.82 Å². The number of benzene rings is 1. The van der Waals surface area contributed by atoms with E-state index in [1.807, 2.05) is 17.0 Å². The highest BCUT2D eigenvalue weighted by atomic mass is 19.1. The number of aliphatic hydroxyl groups is 1. The fraction of sp³-hybridized carbons (Fsp3) is 0.600. The van der Waals surface area contributed by atoms with Crippen LogP contribution in [0.5, 0.6) is 0 Å². The first kappa shape index (κ1) is 13.8. The molecule has 0 amide bonds. The van der Waals surface area contributed by atoms with Crippen LogP contribution in [0, 0.1) is 5.82 Å². The highest BCUT2D eigenvalue weighted by Crippen LogP contribution is 2.23. The summed E-state index contributed by atoms with van der Waals surface area (Å²) >= 11 is 0. The normalized spacial score (nSPS) is 24.3. The second kappa shape index (κ2) is 6.08. The minimum atomic E-state index is -0.229. The third kappa shape index (κ3) is 3.11. The molecule has 4 nitrogen and oxygen atoms in total. The molecule has 1 atom stereocenters. The lowest BCUT2D eigenvalue weighted by Crippen LogP contribution is -2.36. The molecule has 110 valence electrons. The first-order valence-electron chi connectivity index (χ1n) is 7.24. The Kier molecular flexibility index (Phi) is 4.19. The Morgan fingerprint density at radius 3 is 2.70 bits per heavy atom. The number of nitrogens with zero attached hydrogens (tertiary/aromatic N) is 2. The Hall–Kier alpha value is -1.17. The van der Waals surface area contributed by atoms with Crippen LogP contribution in [-0.2, 0) is 11.3 Å². The van der Waals surface area contributed by atoms with Gasteiger partial charge in [-0.15, -0.1) is 0 Å². The van der Waals surface area contributed by atoms with E-state index in [0.29, 0.717) is 32.0 Å². The number of rotatable bonds is 3. The van der Waals surface area contributed by atoms with Crippen molar-refractivity contribution in [1.29, 1.82) is 0 Å². The minimum Gasteiger partial charge on any atom is -0.392 e. The Morgan fingerprint density at radius 2 is 2.05 bits per heavy atom. The van der Waals surface area contributed by atoms with Crippen LogP contribution < -0.4 is 4.90 Å². The fourth-order valence-electron chi connectivity index (χ4n) is 2.92. The van der Waals surface area contributed by atoms with Gasteiger partial charge in [0.25, 0.3) is 0 Å². The minimum absolute atomic E-state index is 0.163. The Balaban J connectivity index is 1.67. The van der Waals surface area contributed by atoms with Crippen molar-refractivity contribution in [2.75, 3.05) is 44.3 Å². The molecule has 2 heterocycles. The smallest absolute Gasteiger partial charge is 0.146 e. The van der Waals surface area contributed by atoms with Crippen LogP contribution in [-0.4, -0.2) is 55.5 Å². The molecule has 0 saturated carbocycles. The van der Waals surface area contributed by atoms with Crippen molar-refractivity contribution in [3.63, 3.8) is 0 Å². The predicted molar refractivity (Wildman–Crippen MR) is 75.3 cm³/mol. The van der Waals surface area contributed by atoms with Crippen molar-refractivity contribution < 1.29 is 14.2 Å². The highest BCUT2D eigenvalue weighted by Gasteiger charge is 2.21. The first-order chi connectivity index (χ1) is 9.72. The number of hydrogen-bond acceptors (Lipinski definition) is 4. The van der Waals surface area contributed by atoms with E-state index >= 15 is 0 Å². The molecule has 0 radical (unpaired) electrons. The molecule has 2 aliphatic rings. The first-order valence-corrected chi connectivity index (χ1v) is 7.24. The van der Waals surface area contributed by atoms with Crippen molar-refractivity contribution >= 4 is 5.69 Å². The van der Waals surface area contributed by atoms with E-state index in [-0.39, 0.29) is 11.9 Å². The van der Waals surface area contributed by atoms with Gasteiger partial charge < -0.3 is 14.7 Å². The number of halogens is 1. The van der Waals surface area contributed by atoms with Gasteiger partial charge in [0, 0.05) is 32.7 Å². The fourth-order valence-corrected chi connectivity index (χ4v) is 2.92. The number of hydrogen-bond donors (Lipinski definition) is 1. The van der Waals surface area contributed by atoms with Crippen LogP contribution in [0.15, 0.2) is 18.2 Å². The molecule has 0 spiro atoms. The largest absolute Gasteiger partial charge is 0.392 e. The van der Waals surface area contributed by atoms with Crippen LogP contribution >= 0.6 is 0 Å². The van der Waals surface area contributed by atoms with E-state index in [9.17, 15) is 9.50 Å². The van der Waals surface area contributed by atoms with Crippen LogP contribution in [0.4, 0.5) is 10.1 Å². The van der Waals surface area contributed by atoms with E-state index in [1.165, 1.54) is 0 Å². The van der Waals surface area contributed by atoms with Crippen LogP contribution in [0.25, 0.3) is 0 Å². The Labute approximate surface area is 118 Å². The maximum Gasteiger partial charge on any atom is 0.146 e. The monoisotopic (exact) mass is 280 g/mol. The van der Waals surface area contributed by atoms with Gasteiger partial charge in [-0.3, -0.25) is 4.90 Å². The summed E-state index contributed by atoms with van der Waals surface area (Å²) in [6.07, 6.45) is 0.585. The summed E-state index contributed by atoms with van der Waals surface area (Å²) < 4.78 is 19.5. The number of morpholine rings is 1. The van der Waals surface area contributed by atoms with E-state index in [4.69, 9.17) is 4.74 Å². The van der Waals surface area contributed by atoms with Gasteiger partial charge in [0.2, 0.25) is 0 Å². The highest BCUT2D eigenvalue weighted by molar-refractivity contribution is 5.49. The maximum absolute atomic E-state index is 14.2. The summed E-state index contributed by atoms with van der Waals surface area (Å²) in [5, 5.41) is 9.51.